The molecule has 0 unspecified atom stereocenters. The fourth-order valence-corrected chi connectivity index (χ4v) is 2.84. The maximum Gasteiger partial charge on any atom is 0.261 e. The number of rotatable bonds is 5. The summed E-state index contributed by atoms with van der Waals surface area (Å²) in [7, 11) is 5.88. The number of aromatic nitrogens is 3. The number of hydrogen-bond acceptors (Lipinski definition) is 3. The lowest BCUT2D eigenvalue weighted by Crippen LogP contribution is -2.19. The van der Waals surface area contributed by atoms with Crippen LogP contribution in [0.5, 0.6) is 0 Å². The molecule has 0 spiro atoms. The van der Waals surface area contributed by atoms with E-state index in [1.807, 2.05) is 22.9 Å². The molecule has 5 heteroatoms. The maximum atomic E-state index is 12.4. The molecule has 0 radical (unpaired) electrons. The zero-order valence-corrected chi connectivity index (χ0v) is 14.3. The number of nitrogens with zero attached hydrogens (tertiary/aromatic N) is 4. The van der Waals surface area contributed by atoms with Gasteiger partial charge in [-0.3, -0.25) is 4.79 Å². The second kappa shape index (κ2) is 6.84. The third kappa shape index (κ3) is 3.46. The van der Waals surface area contributed by atoms with E-state index in [2.05, 4.69) is 48.2 Å². The fourth-order valence-electron chi connectivity index (χ4n) is 2.84. The van der Waals surface area contributed by atoms with Crippen LogP contribution in [-0.4, -0.2) is 33.1 Å². The second-order valence-corrected chi connectivity index (χ2v) is 6.27. The largest absolute Gasteiger partial charge is 0.326 e. The van der Waals surface area contributed by atoms with Crippen molar-refractivity contribution in [1.82, 2.24) is 19.0 Å². The third-order valence-electron chi connectivity index (χ3n) is 3.92. The maximum absolute atomic E-state index is 12.4. The Morgan fingerprint density at radius 1 is 1.08 bits per heavy atom. The first-order valence-electron chi connectivity index (χ1n) is 7.94. The number of benzene rings is 1. The molecule has 0 N–H and O–H groups in total. The lowest BCUT2D eigenvalue weighted by Gasteiger charge is -2.12. The van der Waals surface area contributed by atoms with Gasteiger partial charge in [-0.2, -0.15) is 0 Å². The van der Waals surface area contributed by atoms with Crippen LogP contribution in [0.1, 0.15) is 11.1 Å². The Labute approximate surface area is 141 Å². The quantitative estimate of drug-likeness (QED) is 0.724. The van der Waals surface area contributed by atoms with Crippen LogP contribution in [0.4, 0.5) is 0 Å². The predicted octanol–water partition coefficient (Wildman–Crippen LogP) is 2.36. The summed E-state index contributed by atoms with van der Waals surface area (Å²) in [5.41, 5.74) is 3.05. The first kappa shape index (κ1) is 16.2. The molecule has 24 heavy (non-hydrogen) atoms. The molecule has 0 fully saturated rings. The fraction of sp³-hybridized carbons (Fsp3) is 0.263. The van der Waals surface area contributed by atoms with Crippen molar-refractivity contribution in [3.8, 4) is 11.4 Å². The Morgan fingerprint density at radius 3 is 2.67 bits per heavy atom. The molecule has 0 bridgehead atoms. The summed E-state index contributed by atoms with van der Waals surface area (Å²) < 4.78 is 3.59. The molecule has 1 aromatic carbocycles. The molecular weight excluding hydrogens is 300 g/mol. The van der Waals surface area contributed by atoms with Gasteiger partial charge in [0, 0.05) is 38.7 Å². The third-order valence-corrected chi connectivity index (χ3v) is 3.92. The lowest BCUT2D eigenvalue weighted by molar-refractivity contribution is 0.402. The highest BCUT2D eigenvalue weighted by Crippen LogP contribution is 2.16. The summed E-state index contributed by atoms with van der Waals surface area (Å²) in [5.74, 6) is 0.703. The lowest BCUT2D eigenvalue weighted by atomic mass is 10.1. The zero-order chi connectivity index (χ0) is 17.1. The number of aryl methyl sites for hydroxylation is 1. The van der Waals surface area contributed by atoms with Gasteiger partial charge in [0.05, 0.1) is 5.56 Å². The predicted molar refractivity (Wildman–Crippen MR) is 95.8 cm³/mol. The van der Waals surface area contributed by atoms with Crippen molar-refractivity contribution in [2.75, 3.05) is 14.1 Å². The molecule has 3 aromatic rings. The van der Waals surface area contributed by atoms with E-state index in [4.69, 9.17) is 0 Å². The smallest absolute Gasteiger partial charge is 0.261 e. The second-order valence-electron chi connectivity index (χ2n) is 6.27. The minimum atomic E-state index is -0.0358. The summed E-state index contributed by atoms with van der Waals surface area (Å²) in [6.45, 7) is 1.60. The Bertz CT molecular complexity index is 892. The van der Waals surface area contributed by atoms with E-state index in [0.717, 1.165) is 6.54 Å². The molecule has 0 saturated carbocycles. The number of hydrogen-bond donors (Lipinski definition) is 0. The highest BCUT2D eigenvalue weighted by Gasteiger charge is 2.11. The number of imidazole rings is 1. The molecule has 5 nitrogen and oxygen atoms in total. The van der Waals surface area contributed by atoms with Gasteiger partial charge < -0.3 is 14.0 Å². The molecule has 3 rings (SSSR count). The number of pyridine rings is 1. The van der Waals surface area contributed by atoms with E-state index in [1.165, 1.54) is 11.1 Å². The summed E-state index contributed by atoms with van der Waals surface area (Å²) >= 11 is 0. The zero-order valence-electron chi connectivity index (χ0n) is 14.3. The van der Waals surface area contributed by atoms with Crippen LogP contribution in [-0.2, 0) is 20.1 Å². The molecule has 0 atom stereocenters. The average molecular weight is 322 g/mol. The van der Waals surface area contributed by atoms with Crippen LogP contribution in [0.15, 0.2) is 59.8 Å². The SMILES string of the molecule is CN(C)Cc1cccc(Cn2ccnc2-c2cccn(C)c2=O)c1. The minimum absolute atomic E-state index is 0.0358. The summed E-state index contributed by atoms with van der Waals surface area (Å²) in [6, 6.07) is 12.2. The van der Waals surface area contributed by atoms with Gasteiger partial charge in [-0.1, -0.05) is 24.3 Å². The van der Waals surface area contributed by atoms with Crippen LogP contribution in [0.3, 0.4) is 0 Å². The summed E-state index contributed by atoms with van der Waals surface area (Å²) in [6.07, 6.45) is 5.41. The standard InChI is InChI=1S/C19H22N4O/c1-21(2)13-15-6-4-7-16(12-15)14-23-11-9-20-18(23)17-8-5-10-22(3)19(17)24/h4-12H,13-14H2,1-3H3. The summed E-state index contributed by atoms with van der Waals surface area (Å²) in [5, 5.41) is 0. The van der Waals surface area contributed by atoms with Crippen LogP contribution >= 0.6 is 0 Å². The first-order valence-corrected chi connectivity index (χ1v) is 7.94. The van der Waals surface area contributed by atoms with Crippen molar-refractivity contribution in [1.29, 1.82) is 0 Å². The molecule has 2 aromatic heterocycles. The average Bonchev–Trinajstić information content (AvgIpc) is 2.97. The van der Waals surface area contributed by atoms with Gasteiger partial charge in [-0.25, -0.2) is 4.98 Å². The van der Waals surface area contributed by atoms with Gasteiger partial charge in [0.25, 0.3) is 5.56 Å². The van der Waals surface area contributed by atoms with Gasteiger partial charge in [-0.15, -0.1) is 0 Å². The van der Waals surface area contributed by atoms with Crippen LogP contribution in [0.2, 0.25) is 0 Å². The summed E-state index contributed by atoms with van der Waals surface area (Å²) in [4.78, 5) is 18.9. The minimum Gasteiger partial charge on any atom is -0.326 e. The molecule has 0 amide bonds. The molecule has 0 aliphatic carbocycles. The van der Waals surface area contributed by atoms with Crippen molar-refractivity contribution in [3.05, 3.63) is 76.5 Å². The molecule has 0 saturated heterocycles. The van der Waals surface area contributed by atoms with Crippen molar-refractivity contribution >= 4 is 0 Å². The molecule has 2 heterocycles. The van der Waals surface area contributed by atoms with E-state index >= 15 is 0 Å². The normalized spacial score (nSPS) is 11.2. The van der Waals surface area contributed by atoms with E-state index < -0.39 is 0 Å². The molecule has 0 aliphatic rings. The monoisotopic (exact) mass is 322 g/mol. The van der Waals surface area contributed by atoms with Crippen LogP contribution in [0, 0.1) is 0 Å². The van der Waals surface area contributed by atoms with E-state index in [-0.39, 0.29) is 5.56 Å². The van der Waals surface area contributed by atoms with Gasteiger partial charge in [0.2, 0.25) is 0 Å². The van der Waals surface area contributed by atoms with Gasteiger partial charge in [-0.05, 0) is 37.4 Å². The Hall–Kier alpha value is -2.66. The Morgan fingerprint density at radius 2 is 1.88 bits per heavy atom. The van der Waals surface area contributed by atoms with E-state index in [1.54, 1.807) is 24.0 Å². The molecule has 124 valence electrons. The highest BCUT2D eigenvalue weighted by atomic mass is 16.1. The van der Waals surface area contributed by atoms with Crippen LogP contribution < -0.4 is 5.56 Å². The van der Waals surface area contributed by atoms with E-state index in [0.29, 0.717) is 17.9 Å². The van der Waals surface area contributed by atoms with Gasteiger partial charge >= 0.3 is 0 Å². The van der Waals surface area contributed by atoms with Crippen LogP contribution in [0.25, 0.3) is 11.4 Å². The molecular formula is C19H22N4O. The van der Waals surface area contributed by atoms with Crippen molar-refractivity contribution in [2.24, 2.45) is 7.05 Å². The first-order chi connectivity index (χ1) is 11.5. The van der Waals surface area contributed by atoms with E-state index in [9.17, 15) is 4.79 Å². The highest BCUT2D eigenvalue weighted by molar-refractivity contribution is 5.54. The van der Waals surface area contributed by atoms with Crippen molar-refractivity contribution in [2.45, 2.75) is 13.1 Å². The Kier molecular flexibility index (Phi) is 4.62. The van der Waals surface area contributed by atoms with Crippen molar-refractivity contribution in [3.63, 3.8) is 0 Å². The molecule has 0 aliphatic heterocycles. The van der Waals surface area contributed by atoms with Gasteiger partial charge in [0.1, 0.15) is 5.82 Å². The van der Waals surface area contributed by atoms with Gasteiger partial charge in [0.15, 0.2) is 0 Å². The Balaban J connectivity index is 1.92. The topological polar surface area (TPSA) is 43.1 Å². The van der Waals surface area contributed by atoms with Crippen molar-refractivity contribution < 1.29 is 0 Å².